The zero-order valence-electron chi connectivity index (χ0n) is 7.13. The lowest BCUT2D eigenvalue weighted by molar-refractivity contribution is -0.247. The molecule has 2 aliphatic rings. The van der Waals surface area contributed by atoms with Gasteiger partial charge in [0, 0.05) is 6.54 Å². The van der Waals surface area contributed by atoms with Gasteiger partial charge in [-0.1, -0.05) is 15.9 Å². The number of ether oxygens (including phenoxy) is 1. The number of imide groups is 1. The first-order valence-electron chi connectivity index (χ1n) is 4.15. The molecular weight excluding hydrogens is 259 g/mol. The monoisotopic (exact) mass is 266 g/mol. The average molecular weight is 267 g/mol. The maximum Gasteiger partial charge on any atom is 0.328 e. The smallest absolute Gasteiger partial charge is 0.328 e. The molecule has 5 nitrogen and oxygen atoms in total. The molecule has 2 heterocycles. The molecule has 2 fully saturated rings. The van der Waals surface area contributed by atoms with Crippen LogP contribution in [0.25, 0.3) is 0 Å². The fourth-order valence-electron chi connectivity index (χ4n) is 1.52. The van der Waals surface area contributed by atoms with Gasteiger partial charge in [0.25, 0.3) is 0 Å². The van der Waals surface area contributed by atoms with E-state index in [2.05, 4.69) is 15.9 Å². The Bertz CT molecular complexity index is 301. The number of fused-ring (bicyclic) bond motifs is 1. The van der Waals surface area contributed by atoms with Crippen LogP contribution in [-0.4, -0.2) is 40.8 Å². The second-order valence-electron chi connectivity index (χ2n) is 3.12. The molecule has 1 N–H and O–H groups in total. The molecule has 2 aliphatic heterocycles. The Balaban J connectivity index is 2.33. The second kappa shape index (κ2) is 3.16. The summed E-state index contributed by atoms with van der Waals surface area (Å²) >= 11 is 2.87. The SMILES string of the molecule is O=C1NC(=O)N2CCCOC2(F)[C@@H]1Br. The number of nitrogens with zero attached hydrogens (tertiary/aromatic N) is 1. The van der Waals surface area contributed by atoms with Gasteiger partial charge in [-0.2, -0.15) is 4.39 Å². The maximum absolute atomic E-state index is 14.1. The molecule has 0 spiro atoms. The summed E-state index contributed by atoms with van der Waals surface area (Å²) in [6, 6.07) is -0.743. The Kier molecular flexibility index (Phi) is 2.23. The minimum Gasteiger partial charge on any atom is -0.328 e. The van der Waals surface area contributed by atoms with E-state index in [0.29, 0.717) is 6.42 Å². The number of urea groups is 1. The fraction of sp³-hybridized carbons (Fsp3) is 0.714. The van der Waals surface area contributed by atoms with Crippen molar-refractivity contribution in [3.8, 4) is 0 Å². The topological polar surface area (TPSA) is 58.6 Å². The van der Waals surface area contributed by atoms with Crippen molar-refractivity contribution in [3.63, 3.8) is 0 Å². The van der Waals surface area contributed by atoms with Crippen LogP contribution in [0.4, 0.5) is 9.18 Å². The molecule has 0 radical (unpaired) electrons. The first kappa shape index (κ1) is 9.85. The molecule has 2 rings (SSSR count). The number of carbonyl (C=O) groups is 2. The Morgan fingerprint density at radius 1 is 1.64 bits per heavy atom. The molecule has 0 aromatic carbocycles. The predicted molar refractivity (Wildman–Crippen MR) is 47.4 cm³/mol. The number of amides is 3. The van der Waals surface area contributed by atoms with Gasteiger partial charge in [-0.3, -0.25) is 15.0 Å². The van der Waals surface area contributed by atoms with Gasteiger partial charge in [0.1, 0.15) is 0 Å². The number of hydrogen-bond acceptors (Lipinski definition) is 3. The first-order valence-corrected chi connectivity index (χ1v) is 5.06. The standard InChI is InChI=1S/C7H8BrFN2O3/c8-4-5(12)10-6(13)11-2-1-3-14-7(4,11)9/h4H,1-3H2,(H,10,12,13)/t4-,7?/m1/s1. The van der Waals surface area contributed by atoms with Gasteiger partial charge in [0.05, 0.1) is 6.61 Å². The van der Waals surface area contributed by atoms with Gasteiger partial charge in [0.15, 0.2) is 4.83 Å². The van der Waals surface area contributed by atoms with Crippen molar-refractivity contribution < 1.29 is 18.7 Å². The lowest BCUT2D eigenvalue weighted by Crippen LogP contribution is -2.69. The third-order valence-corrected chi connectivity index (χ3v) is 3.20. The summed E-state index contributed by atoms with van der Waals surface area (Å²) in [5.41, 5.74) is 0. The van der Waals surface area contributed by atoms with Crippen molar-refractivity contribution in [1.29, 1.82) is 0 Å². The van der Waals surface area contributed by atoms with Gasteiger partial charge in [-0.05, 0) is 6.42 Å². The lowest BCUT2D eigenvalue weighted by atomic mass is 10.2. The highest BCUT2D eigenvalue weighted by Gasteiger charge is 2.56. The van der Waals surface area contributed by atoms with Gasteiger partial charge in [-0.25, -0.2) is 4.79 Å². The van der Waals surface area contributed by atoms with Crippen molar-refractivity contribution in [2.24, 2.45) is 0 Å². The molecular formula is C7H8BrFN2O3. The van der Waals surface area contributed by atoms with Crippen LogP contribution in [0.15, 0.2) is 0 Å². The molecule has 2 atom stereocenters. The normalized spacial score (nSPS) is 37.9. The molecule has 3 amide bonds. The molecule has 0 aromatic rings. The van der Waals surface area contributed by atoms with Crippen molar-refractivity contribution in [2.45, 2.75) is 17.2 Å². The third kappa shape index (κ3) is 1.23. The molecule has 14 heavy (non-hydrogen) atoms. The van der Waals surface area contributed by atoms with E-state index in [0.717, 1.165) is 4.90 Å². The highest BCUT2D eigenvalue weighted by atomic mass is 79.9. The van der Waals surface area contributed by atoms with Crippen molar-refractivity contribution in [3.05, 3.63) is 0 Å². The maximum atomic E-state index is 14.1. The molecule has 2 saturated heterocycles. The Morgan fingerprint density at radius 3 is 3.07 bits per heavy atom. The van der Waals surface area contributed by atoms with Crippen LogP contribution in [0.3, 0.4) is 0 Å². The largest absolute Gasteiger partial charge is 0.328 e. The number of nitrogens with one attached hydrogen (secondary N) is 1. The third-order valence-electron chi connectivity index (χ3n) is 2.22. The predicted octanol–water partition coefficient (Wildman–Crippen LogP) is 0.345. The summed E-state index contributed by atoms with van der Waals surface area (Å²) in [6.45, 7) is 0.452. The van der Waals surface area contributed by atoms with Crippen LogP contribution in [0.5, 0.6) is 0 Å². The van der Waals surface area contributed by atoms with E-state index in [1.807, 2.05) is 5.32 Å². The molecule has 0 saturated carbocycles. The summed E-state index contributed by atoms with van der Waals surface area (Å²) in [7, 11) is 0. The van der Waals surface area contributed by atoms with Crippen LogP contribution >= 0.6 is 15.9 Å². The van der Waals surface area contributed by atoms with E-state index < -0.39 is 22.7 Å². The number of carbonyl (C=O) groups excluding carboxylic acids is 2. The highest BCUT2D eigenvalue weighted by molar-refractivity contribution is 9.10. The lowest BCUT2D eigenvalue weighted by Gasteiger charge is -2.45. The zero-order valence-corrected chi connectivity index (χ0v) is 8.71. The van der Waals surface area contributed by atoms with Crippen LogP contribution in [0.1, 0.15) is 6.42 Å². The Labute approximate surface area is 87.7 Å². The number of hydrogen-bond donors (Lipinski definition) is 1. The molecule has 78 valence electrons. The first-order chi connectivity index (χ1) is 6.55. The van der Waals surface area contributed by atoms with E-state index in [-0.39, 0.29) is 13.2 Å². The van der Waals surface area contributed by atoms with Crippen molar-refractivity contribution >= 4 is 27.9 Å². The molecule has 7 heteroatoms. The van der Waals surface area contributed by atoms with E-state index in [1.165, 1.54) is 0 Å². The fourth-order valence-corrected chi connectivity index (χ4v) is 2.01. The summed E-state index contributed by atoms with van der Waals surface area (Å²) in [5.74, 6) is -3.05. The Hall–Kier alpha value is -0.690. The number of rotatable bonds is 0. The van der Waals surface area contributed by atoms with Crippen molar-refractivity contribution in [1.82, 2.24) is 10.2 Å². The minimum atomic E-state index is -2.34. The van der Waals surface area contributed by atoms with E-state index in [9.17, 15) is 14.0 Å². The zero-order chi connectivity index (χ0) is 10.3. The van der Waals surface area contributed by atoms with Gasteiger partial charge < -0.3 is 4.74 Å². The van der Waals surface area contributed by atoms with Gasteiger partial charge in [-0.15, -0.1) is 0 Å². The molecule has 0 aromatic heterocycles. The summed E-state index contributed by atoms with van der Waals surface area (Å²) in [4.78, 5) is 22.1. The summed E-state index contributed by atoms with van der Waals surface area (Å²) < 4.78 is 18.9. The van der Waals surface area contributed by atoms with Crippen molar-refractivity contribution in [2.75, 3.05) is 13.2 Å². The van der Waals surface area contributed by atoms with Crippen LogP contribution < -0.4 is 5.32 Å². The molecule has 0 aliphatic carbocycles. The summed E-state index contributed by atoms with van der Waals surface area (Å²) in [6.07, 6.45) is 0.563. The van der Waals surface area contributed by atoms with Crippen LogP contribution in [0.2, 0.25) is 0 Å². The second-order valence-corrected chi connectivity index (χ2v) is 4.04. The van der Waals surface area contributed by atoms with Crippen LogP contribution in [-0.2, 0) is 9.53 Å². The molecule has 1 unspecified atom stereocenters. The number of alkyl halides is 2. The molecule has 0 bridgehead atoms. The summed E-state index contributed by atoms with van der Waals surface area (Å²) in [5, 5.41) is 2.03. The van der Waals surface area contributed by atoms with E-state index >= 15 is 0 Å². The van der Waals surface area contributed by atoms with Gasteiger partial charge in [0.2, 0.25) is 5.91 Å². The highest BCUT2D eigenvalue weighted by Crippen LogP contribution is 2.34. The Morgan fingerprint density at radius 2 is 2.36 bits per heavy atom. The number of halogens is 2. The minimum absolute atomic E-state index is 0.204. The quantitative estimate of drug-likeness (QED) is 0.508. The van der Waals surface area contributed by atoms with E-state index in [1.54, 1.807) is 0 Å². The van der Waals surface area contributed by atoms with Crippen LogP contribution in [0, 0.1) is 0 Å². The van der Waals surface area contributed by atoms with Gasteiger partial charge >= 0.3 is 12.0 Å². The van der Waals surface area contributed by atoms with E-state index in [4.69, 9.17) is 4.74 Å². The average Bonchev–Trinajstić information content (AvgIpc) is 2.15.